The molecule has 1 aromatic rings. The van der Waals surface area contributed by atoms with Gasteiger partial charge in [0, 0.05) is 17.0 Å². The lowest BCUT2D eigenvalue weighted by Crippen LogP contribution is -2.19. The van der Waals surface area contributed by atoms with Gasteiger partial charge in [-0.2, -0.15) is 0 Å². The second-order valence-corrected chi connectivity index (χ2v) is 8.19. The number of benzene rings is 1. The Morgan fingerprint density at radius 1 is 1.12 bits per heavy atom. The fourth-order valence-corrected chi connectivity index (χ4v) is 4.58. The minimum atomic E-state index is -0.127. The topological polar surface area (TPSA) is 37.3 Å². The van der Waals surface area contributed by atoms with E-state index in [4.69, 9.17) is 11.6 Å². The molecule has 3 atom stereocenters. The zero-order valence-corrected chi connectivity index (χ0v) is 16.5. The van der Waals surface area contributed by atoms with Gasteiger partial charge in [0.15, 0.2) is 5.78 Å². The van der Waals surface area contributed by atoms with Crippen molar-refractivity contribution in [3.63, 3.8) is 0 Å². The smallest absolute Gasteiger partial charge is 0.162 e. The zero-order valence-electron chi connectivity index (χ0n) is 15.8. The summed E-state index contributed by atoms with van der Waals surface area (Å²) in [7, 11) is 0. The predicted molar refractivity (Wildman–Crippen MR) is 105 cm³/mol. The normalized spacial score (nSPS) is 23.1. The number of rotatable bonds is 10. The number of aryl methyl sites for hydroxylation is 1. The lowest BCUT2D eigenvalue weighted by Gasteiger charge is -2.22. The molecule has 0 saturated heterocycles. The molecule has 3 heteroatoms. The van der Waals surface area contributed by atoms with E-state index in [1.807, 2.05) is 19.1 Å². The SMILES string of the molecule is CCCCCC[C@@H]1[C@@H](CCCC(=O)c2cc(C)cc(Cl)c2)CC[C@@H]1O. The molecule has 1 N–H and O–H groups in total. The number of carbonyl (C=O) groups is 1. The first-order valence-corrected chi connectivity index (χ1v) is 10.4. The maximum atomic E-state index is 12.4. The molecule has 1 aliphatic rings. The van der Waals surface area contributed by atoms with Crippen molar-refractivity contribution in [2.45, 2.75) is 84.2 Å². The first kappa shape index (κ1) is 20.5. The van der Waals surface area contributed by atoms with Crippen LogP contribution in [0, 0.1) is 18.8 Å². The van der Waals surface area contributed by atoms with Crippen LogP contribution in [-0.4, -0.2) is 17.0 Å². The maximum Gasteiger partial charge on any atom is 0.162 e. The van der Waals surface area contributed by atoms with Gasteiger partial charge in [-0.1, -0.05) is 44.2 Å². The molecule has 0 bridgehead atoms. The van der Waals surface area contributed by atoms with Gasteiger partial charge >= 0.3 is 0 Å². The number of halogens is 1. The molecule has 0 radical (unpaired) electrons. The van der Waals surface area contributed by atoms with Crippen LogP contribution in [-0.2, 0) is 0 Å². The van der Waals surface area contributed by atoms with Gasteiger partial charge < -0.3 is 5.11 Å². The quantitative estimate of drug-likeness (QED) is 0.387. The first-order valence-electron chi connectivity index (χ1n) is 9.99. The second kappa shape index (κ2) is 10.3. The van der Waals surface area contributed by atoms with Crippen LogP contribution < -0.4 is 0 Å². The summed E-state index contributed by atoms with van der Waals surface area (Å²) in [5.41, 5.74) is 1.76. The molecular formula is C22H33ClO2. The average Bonchev–Trinajstić information content (AvgIpc) is 2.91. The maximum absolute atomic E-state index is 12.4. The third kappa shape index (κ3) is 6.42. The van der Waals surface area contributed by atoms with Crippen molar-refractivity contribution in [2.24, 2.45) is 11.8 Å². The summed E-state index contributed by atoms with van der Waals surface area (Å²) in [6.07, 6.45) is 10.7. The Balaban J connectivity index is 1.78. The molecule has 0 heterocycles. The van der Waals surface area contributed by atoms with Gasteiger partial charge in [-0.3, -0.25) is 4.79 Å². The predicted octanol–water partition coefficient (Wildman–Crippen LogP) is 6.36. The summed E-state index contributed by atoms with van der Waals surface area (Å²) in [5.74, 6) is 1.22. The molecule has 0 spiro atoms. The van der Waals surface area contributed by atoms with Crippen LogP contribution in [0.5, 0.6) is 0 Å². The van der Waals surface area contributed by atoms with E-state index >= 15 is 0 Å². The van der Waals surface area contributed by atoms with E-state index in [-0.39, 0.29) is 11.9 Å². The van der Waals surface area contributed by atoms with Crippen LogP contribution >= 0.6 is 11.6 Å². The Kier molecular flexibility index (Phi) is 8.45. The third-order valence-electron chi connectivity index (χ3n) is 5.67. The molecule has 1 aliphatic carbocycles. The van der Waals surface area contributed by atoms with Crippen molar-refractivity contribution in [3.05, 3.63) is 34.3 Å². The molecule has 0 aliphatic heterocycles. The molecule has 0 amide bonds. The van der Waals surface area contributed by atoms with Crippen LogP contribution in [0.25, 0.3) is 0 Å². The third-order valence-corrected chi connectivity index (χ3v) is 5.89. The van der Waals surface area contributed by atoms with Gasteiger partial charge in [-0.15, -0.1) is 0 Å². The van der Waals surface area contributed by atoms with Crippen LogP contribution in [0.1, 0.15) is 87.1 Å². The first-order chi connectivity index (χ1) is 12.0. The number of hydrogen-bond donors (Lipinski definition) is 1. The number of unbranched alkanes of at least 4 members (excludes halogenated alkanes) is 3. The number of carbonyl (C=O) groups excluding carboxylic acids is 1. The minimum absolute atomic E-state index is 0.127. The van der Waals surface area contributed by atoms with Crippen LogP contribution in [0.15, 0.2) is 18.2 Å². The largest absolute Gasteiger partial charge is 0.393 e. The molecule has 25 heavy (non-hydrogen) atoms. The molecule has 0 aromatic heterocycles. The Morgan fingerprint density at radius 2 is 1.92 bits per heavy atom. The lowest BCUT2D eigenvalue weighted by atomic mass is 9.85. The summed E-state index contributed by atoms with van der Waals surface area (Å²) < 4.78 is 0. The summed E-state index contributed by atoms with van der Waals surface area (Å²) in [5, 5.41) is 10.9. The van der Waals surface area contributed by atoms with Crippen molar-refractivity contribution in [1.29, 1.82) is 0 Å². The van der Waals surface area contributed by atoms with Gasteiger partial charge in [0.05, 0.1) is 6.10 Å². The molecule has 0 unspecified atom stereocenters. The molecular weight excluding hydrogens is 332 g/mol. The fourth-order valence-electron chi connectivity index (χ4n) is 4.29. The Bertz CT molecular complexity index is 535. The van der Waals surface area contributed by atoms with E-state index in [0.717, 1.165) is 43.2 Å². The van der Waals surface area contributed by atoms with E-state index in [1.54, 1.807) is 6.07 Å². The number of Topliss-reactive ketones (excluding diaryl/α,β-unsaturated/α-hetero) is 1. The van der Waals surface area contributed by atoms with Crippen molar-refractivity contribution >= 4 is 17.4 Å². The highest BCUT2D eigenvalue weighted by molar-refractivity contribution is 6.31. The zero-order chi connectivity index (χ0) is 18.2. The van der Waals surface area contributed by atoms with Gasteiger partial charge in [0.25, 0.3) is 0 Å². The van der Waals surface area contributed by atoms with E-state index in [9.17, 15) is 9.90 Å². The number of aliphatic hydroxyl groups excluding tert-OH is 1. The second-order valence-electron chi connectivity index (χ2n) is 7.75. The van der Waals surface area contributed by atoms with E-state index in [0.29, 0.717) is 23.3 Å². The fraction of sp³-hybridized carbons (Fsp3) is 0.682. The van der Waals surface area contributed by atoms with Gasteiger partial charge in [-0.25, -0.2) is 0 Å². The Labute approximate surface area is 158 Å². The van der Waals surface area contributed by atoms with Crippen molar-refractivity contribution in [3.8, 4) is 0 Å². The molecule has 1 fully saturated rings. The van der Waals surface area contributed by atoms with Crippen molar-refractivity contribution in [2.75, 3.05) is 0 Å². The molecule has 1 aromatic carbocycles. The standard InChI is InChI=1S/C22H33ClO2/c1-3-4-5-6-9-20-17(11-12-22(20)25)8-7-10-21(24)18-13-16(2)14-19(23)15-18/h13-15,17,20,22,25H,3-12H2,1-2H3/t17-,20+,22-/m0/s1. The number of aliphatic hydroxyl groups is 1. The van der Waals surface area contributed by atoms with Crippen molar-refractivity contribution in [1.82, 2.24) is 0 Å². The minimum Gasteiger partial charge on any atom is -0.393 e. The highest BCUT2D eigenvalue weighted by atomic mass is 35.5. The Hall–Kier alpha value is -0.860. The van der Waals surface area contributed by atoms with E-state index < -0.39 is 0 Å². The van der Waals surface area contributed by atoms with Gasteiger partial charge in [0.2, 0.25) is 0 Å². The van der Waals surface area contributed by atoms with E-state index in [1.165, 1.54) is 25.7 Å². The molecule has 1 saturated carbocycles. The summed E-state index contributed by atoms with van der Waals surface area (Å²) in [6, 6.07) is 5.57. The summed E-state index contributed by atoms with van der Waals surface area (Å²) >= 11 is 6.06. The van der Waals surface area contributed by atoms with Crippen LogP contribution in [0.2, 0.25) is 5.02 Å². The van der Waals surface area contributed by atoms with E-state index in [2.05, 4.69) is 6.92 Å². The highest BCUT2D eigenvalue weighted by Crippen LogP contribution is 2.38. The summed E-state index contributed by atoms with van der Waals surface area (Å²) in [6.45, 7) is 4.19. The monoisotopic (exact) mass is 364 g/mol. The van der Waals surface area contributed by atoms with Crippen LogP contribution in [0.3, 0.4) is 0 Å². The van der Waals surface area contributed by atoms with Gasteiger partial charge in [-0.05, 0) is 74.6 Å². The Morgan fingerprint density at radius 3 is 2.64 bits per heavy atom. The molecule has 2 rings (SSSR count). The highest BCUT2D eigenvalue weighted by Gasteiger charge is 2.33. The summed E-state index contributed by atoms with van der Waals surface area (Å²) in [4.78, 5) is 12.4. The lowest BCUT2D eigenvalue weighted by molar-refractivity contribution is 0.0965. The molecule has 2 nitrogen and oxygen atoms in total. The number of hydrogen-bond acceptors (Lipinski definition) is 2. The van der Waals surface area contributed by atoms with Crippen molar-refractivity contribution < 1.29 is 9.90 Å². The number of ketones is 1. The molecule has 140 valence electrons. The van der Waals surface area contributed by atoms with Crippen LogP contribution in [0.4, 0.5) is 0 Å². The average molecular weight is 365 g/mol. The van der Waals surface area contributed by atoms with Gasteiger partial charge in [0.1, 0.15) is 0 Å².